The summed E-state index contributed by atoms with van der Waals surface area (Å²) >= 11 is 0. The Kier molecular flexibility index (Phi) is 7.89. The predicted octanol–water partition coefficient (Wildman–Crippen LogP) is 15.2. The molecular weight excluding hydrogens is 785 g/mol. The molecule has 0 radical (unpaired) electrons. The molecule has 1 atom stereocenters. The lowest BCUT2D eigenvalue weighted by molar-refractivity contribution is 0.660. The standard InChI is InChI=1S/C63H48Si/c1-62(2)54-24-14-11-21-44(54)46-30-28-40(34-56(46)62)60-49-32-27-39(43-20-10-9-19-42(43)38-17-7-6-8-18-38)33-51(49)61(41-29-31-47-45-22-12-15-25-55(45)63(3,4)57(47)35-41)53-37-59-50(36-52(53)60)48-23-13-16-26-58(48)64(59)5/h6-37,64H,1-5H3. The third-order valence-corrected chi connectivity index (χ3v) is 18.4. The molecule has 2 aliphatic carbocycles. The van der Waals surface area contributed by atoms with Gasteiger partial charge in [0.2, 0.25) is 0 Å². The summed E-state index contributed by atoms with van der Waals surface area (Å²) in [5.41, 5.74) is 23.8. The van der Waals surface area contributed by atoms with E-state index >= 15 is 0 Å². The monoisotopic (exact) mass is 832 g/mol. The van der Waals surface area contributed by atoms with Crippen LogP contribution in [-0.2, 0) is 10.8 Å². The zero-order valence-corrected chi connectivity index (χ0v) is 38.2. The van der Waals surface area contributed by atoms with E-state index < -0.39 is 8.80 Å². The molecule has 10 aromatic carbocycles. The fraction of sp³-hybridized carbons (Fsp3) is 0.111. The molecule has 64 heavy (non-hydrogen) atoms. The van der Waals surface area contributed by atoms with Gasteiger partial charge in [0.25, 0.3) is 0 Å². The summed E-state index contributed by atoms with van der Waals surface area (Å²) in [4.78, 5) is 0. The average molecular weight is 833 g/mol. The van der Waals surface area contributed by atoms with Gasteiger partial charge >= 0.3 is 0 Å². The summed E-state index contributed by atoms with van der Waals surface area (Å²) in [7, 11) is -1.46. The highest BCUT2D eigenvalue weighted by molar-refractivity contribution is 6.88. The van der Waals surface area contributed by atoms with Gasteiger partial charge in [-0.05, 0) is 151 Å². The maximum Gasteiger partial charge on any atom is 0.101 e. The molecule has 10 aromatic rings. The minimum atomic E-state index is -1.46. The first-order valence-corrected chi connectivity index (χ1v) is 25.3. The second-order valence-corrected chi connectivity index (χ2v) is 22.3. The van der Waals surface area contributed by atoms with Gasteiger partial charge in [0, 0.05) is 10.8 Å². The molecule has 0 aromatic heterocycles. The molecule has 0 saturated carbocycles. The van der Waals surface area contributed by atoms with Crippen molar-refractivity contribution in [3.8, 4) is 77.9 Å². The van der Waals surface area contributed by atoms with Gasteiger partial charge in [0.15, 0.2) is 0 Å². The zero-order chi connectivity index (χ0) is 43.1. The van der Waals surface area contributed by atoms with Crippen molar-refractivity contribution in [3.63, 3.8) is 0 Å². The van der Waals surface area contributed by atoms with Crippen LogP contribution < -0.4 is 10.4 Å². The predicted molar refractivity (Wildman–Crippen MR) is 276 cm³/mol. The van der Waals surface area contributed by atoms with E-state index in [0.29, 0.717) is 0 Å². The Labute approximate surface area is 378 Å². The van der Waals surface area contributed by atoms with Crippen molar-refractivity contribution in [2.24, 2.45) is 0 Å². The Bertz CT molecular complexity index is 3620. The van der Waals surface area contributed by atoms with Gasteiger partial charge < -0.3 is 0 Å². The Morgan fingerprint density at radius 1 is 0.281 bits per heavy atom. The van der Waals surface area contributed by atoms with Crippen LogP contribution in [0.4, 0.5) is 0 Å². The third kappa shape index (κ3) is 5.16. The lowest BCUT2D eigenvalue weighted by atomic mass is 9.79. The summed E-state index contributed by atoms with van der Waals surface area (Å²) in [6, 6.07) is 74.4. The maximum absolute atomic E-state index is 2.64. The second-order valence-electron chi connectivity index (χ2n) is 19.6. The Balaban J connectivity index is 1.16. The number of benzene rings is 10. The van der Waals surface area contributed by atoms with Gasteiger partial charge in [0.1, 0.15) is 8.80 Å². The molecular formula is C63H48Si. The first-order chi connectivity index (χ1) is 31.2. The van der Waals surface area contributed by atoms with E-state index in [-0.39, 0.29) is 10.8 Å². The largest absolute Gasteiger partial charge is 0.101 e. The molecule has 0 spiro atoms. The van der Waals surface area contributed by atoms with Gasteiger partial charge in [-0.15, -0.1) is 0 Å². The lowest BCUT2D eigenvalue weighted by Gasteiger charge is -2.25. The third-order valence-electron chi connectivity index (χ3n) is 15.5. The molecule has 0 amide bonds. The maximum atomic E-state index is 2.64. The normalized spacial score (nSPS) is 15.7. The molecule has 1 heteroatoms. The number of fused-ring (bicyclic) bond motifs is 11. The fourth-order valence-corrected chi connectivity index (χ4v) is 14.9. The van der Waals surface area contributed by atoms with E-state index in [1.165, 1.54) is 122 Å². The molecule has 0 fully saturated rings. The van der Waals surface area contributed by atoms with Gasteiger partial charge in [0.05, 0.1) is 0 Å². The van der Waals surface area contributed by atoms with E-state index in [9.17, 15) is 0 Å². The Morgan fingerprint density at radius 2 is 0.734 bits per heavy atom. The van der Waals surface area contributed by atoms with E-state index in [0.717, 1.165) is 0 Å². The molecule has 0 N–H and O–H groups in total. The van der Waals surface area contributed by atoms with E-state index in [4.69, 9.17) is 0 Å². The molecule has 13 rings (SSSR count). The van der Waals surface area contributed by atoms with Gasteiger partial charge in [-0.1, -0.05) is 209 Å². The topological polar surface area (TPSA) is 0 Å². The van der Waals surface area contributed by atoms with Gasteiger partial charge in [-0.2, -0.15) is 0 Å². The van der Waals surface area contributed by atoms with Crippen LogP contribution in [0, 0.1) is 0 Å². The van der Waals surface area contributed by atoms with Gasteiger partial charge in [-0.3, -0.25) is 0 Å². The highest BCUT2D eigenvalue weighted by Gasteiger charge is 2.38. The fourth-order valence-electron chi connectivity index (χ4n) is 12.3. The van der Waals surface area contributed by atoms with E-state index in [1.807, 2.05) is 0 Å². The van der Waals surface area contributed by atoms with Crippen LogP contribution in [0.5, 0.6) is 0 Å². The molecule has 1 aliphatic heterocycles. The van der Waals surface area contributed by atoms with Crippen molar-refractivity contribution in [2.75, 3.05) is 0 Å². The Morgan fingerprint density at radius 3 is 1.36 bits per heavy atom. The quantitative estimate of drug-likeness (QED) is 0.122. The summed E-state index contributed by atoms with van der Waals surface area (Å²) in [5.74, 6) is 0. The molecule has 1 unspecified atom stereocenters. The van der Waals surface area contributed by atoms with Crippen LogP contribution in [0.25, 0.3) is 99.4 Å². The van der Waals surface area contributed by atoms with Crippen LogP contribution in [0.1, 0.15) is 49.9 Å². The highest BCUT2D eigenvalue weighted by Crippen LogP contribution is 2.54. The minimum Gasteiger partial charge on any atom is -0.0641 e. The average Bonchev–Trinajstić information content (AvgIpc) is 3.84. The van der Waals surface area contributed by atoms with Gasteiger partial charge in [-0.25, -0.2) is 0 Å². The van der Waals surface area contributed by atoms with Crippen molar-refractivity contribution in [2.45, 2.75) is 45.1 Å². The van der Waals surface area contributed by atoms with Crippen molar-refractivity contribution in [1.82, 2.24) is 0 Å². The minimum absolute atomic E-state index is 0.113. The van der Waals surface area contributed by atoms with Crippen LogP contribution >= 0.6 is 0 Å². The summed E-state index contributed by atoms with van der Waals surface area (Å²) in [6.07, 6.45) is 0. The van der Waals surface area contributed by atoms with Crippen LogP contribution in [0.3, 0.4) is 0 Å². The Hall–Kier alpha value is -7.06. The van der Waals surface area contributed by atoms with Crippen LogP contribution in [0.15, 0.2) is 194 Å². The summed E-state index contributed by atoms with van der Waals surface area (Å²) < 4.78 is 0. The van der Waals surface area contributed by atoms with Crippen molar-refractivity contribution in [3.05, 3.63) is 216 Å². The molecule has 3 aliphatic rings. The molecule has 0 saturated heterocycles. The molecule has 0 nitrogen and oxygen atoms in total. The molecule has 304 valence electrons. The summed E-state index contributed by atoms with van der Waals surface area (Å²) in [5, 5.41) is 8.35. The second kappa shape index (κ2) is 13.5. The van der Waals surface area contributed by atoms with Crippen LogP contribution in [-0.4, -0.2) is 8.80 Å². The van der Waals surface area contributed by atoms with Crippen molar-refractivity contribution < 1.29 is 0 Å². The summed E-state index contributed by atoms with van der Waals surface area (Å²) in [6.45, 7) is 12.2. The smallest absolute Gasteiger partial charge is 0.0641 e. The molecule has 0 bridgehead atoms. The first kappa shape index (κ1) is 37.5. The number of hydrogen-bond acceptors (Lipinski definition) is 0. The van der Waals surface area contributed by atoms with E-state index in [1.54, 1.807) is 10.4 Å². The number of rotatable bonds is 4. The van der Waals surface area contributed by atoms with Crippen LogP contribution in [0.2, 0.25) is 6.55 Å². The SMILES string of the molecule is C[SiH]1c2ccccc2-c2cc3c(-c4ccc5c(c4)C(C)(C)c4ccccc4-5)c4ccc(-c5ccccc5-c5ccccc5)cc4c(-c4ccc5c(c4)C(C)(C)c4ccccc4-5)c3cc21. The molecule has 1 heterocycles. The van der Waals surface area contributed by atoms with Crippen molar-refractivity contribution in [1.29, 1.82) is 0 Å². The lowest BCUT2D eigenvalue weighted by Crippen LogP contribution is -2.34. The highest BCUT2D eigenvalue weighted by atomic mass is 28.3. The first-order valence-electron chi connectivity index (χ1n) is 23.0. The van der Waals surface area contributed by atoms with Crippen molar-refractivity contribution >= 4 is 40.7 Å². The zero-order valence-electron chi connectivity index (χ0n) is 37.1. The van der Waals surface area contributed by atoms with E-state index in [2.05, 4.69) is 228 Å². The number of hydrogen-bond donors (Lipinski definition) is 0.